The Bertz CT molecular complexity index is 410. The second-order valence-electron chi connectivity index (χ2n) is 6.29. The van der Waals surface area contributed by atoms with E-state index in [1.54, 1.807) is 6.07 Å². The third-order valence-electron chi connectivity index (χ3n) is 3.86. The summed E-state index contributed by atoms with van der Waals surface area (Å²) < 4.78 is 26.4. The molecule has 0 heterocycles. The van der Waals surface area contributed by atoms with Crippen LogP contribution in [0.5, 0.6) is 0 Å². The van der Waals surface area contributed by atoms with Crippen molar-refractivity contribution in [3.05, 3.63) is 35.4 Å². The molecule has 2 atom stereocenters. The van der Waals surface area contributed by atoms with Gasteiger partial charge >= 0.3 is 0 Å². The predicted octanol–water partition coefficient (Wildman–Crippen LogP) is 4.69. The Hall–Kier alpha value is -0.960. The van der Waals surface area contributed by atoms with Gasteiger partial charge in [-0.1, -0.05) is 40.7 Å². The molecule has 0 radical (unpaired) electrons. The standard InChI is InChI=1S/C16H25F2N/c1-6-19-15(9-11(2)16(3,4)5)12-7-8-13(17)14(18)10-12/h7-8,10-11,15,19H,6,9H2,1-5H3. The molecule has 0 aliphatic rings. The van der Waals surface area contributed by atoms with Gasteiger partial charge in [0.1, 0.15) is 0 Å². The molecular formula is C16H25F2N. The monoisotopic (exact) mass is 269 g/mol. The van der Waals surface area contributed by atoms with Crippen LogP contribution in [0, 0.1) is 23.0 Å². The third kappa shape index (κ3) is 4.57. The summed E-state index contributed by atoms with van der Waals surface area (Å²) in [5.74, 6) is -1.09. The largest absolute Gasteiger partial charge is 0.310 e. The molecule has 0 fully saturated rings. The van der Waals surface area contributed by atoms with Gasteiger partial charge in [0.15, 0.2) is 11.6 Å². The molecular weight excluding hydrogens is 244 g/mol. The first-order valence-electron chi connectivity index (χ1n) is 6.94. The van der Waals surface area contributed by atoms with E-state index in [0.29, 0.717) is 5.92 Å². The second kappa shape index (κ2) is 6.47. The molecule has 0 spiro atoms. The Labute approximate surface area is 115 Å². The van der Waals surface area contributed by atoms with Crippen LogP contribution in [0.3, 0.4) is 0 Å². The third-order valence-corrected chi connectivity index (χ3v) is 3.86. The zero-order valence-electron chi connectivity index (χ0n) is 12.6. The van der Waals surface area contributed by atoms with Crippen molar-refractivity contribution >= 4 is 0 Å². The van der Waals surface area contributed by atoms with E-state index in [-0.39, 0.29) is 11.5 Å². The summed E-state index contributed by atoms with van der Waals surface area (Å²) in [6.45, 7) is 11.6. The zero-order chi connectivity index (χ0) is 14.6. The molecule has 0 amide bonds. The Morgan fingerprint density at radius 3 is 2.26 bits per heavy atom. The molecule has 0 saturated carbocycles. The van der Waals surface area contributed by atoms with E-state index in [4.69, 9.17) is 0 Å². The fourth-order valence-electron chi connectivity index (χ4n) is 2.02. The van der Waals surface area contributed by atoms with Gasteiger partial charge in [0.2, 0.25) is 0 Å². The molecule has 2 unspecified atom stereocenters. The lowest BCUT2D eigenvalue weighted by Gasteiger charge is -2.31. The summed E-state index contributed by atoms with van der Waals surface area (Å²) in [5, 5.41) is 3.36. The van der Waals surface area contributed by atoms with Crippen molar-refractivity contribution in [2.75, 3.05) is 6.54 Å². The topological polar surface area (TPSA) is 12.0 Å². The molecule has 1 aromatic rings. The van der Waals surface area contributed by atoms with Crippen molar-refractivity contribution < 1.29 is 8.78 Å². The minimum absolute atomic E-state index is 0.0642. The lowest BCUT2D eigenvalue weighted by atomic mass is 9.77. The van der Waals surface area contributed by atoms with E-state index in [0.717, 1.165) is 18.5 Å². The molecule has 0 aliphatic carbocycles. The van der Waals surface area contributed by atoms with Gasteiger partial charge in [-0.3, -0.25) is 0 Å². The molecule has 0 bridgehead atoms. The molecule has 0 aliphatic heterocycles. The van der Waals surface area contributed by atoms with Crippen molar-refractivity contribution in [1.29, 1.82) is 0 Å². The minimum Gasteiger partial charge on any atom is -0.310 e. The highest BCUT2D eigenvalue weighted by Crippen LogP contribution is 2.33. The fraction of sp³-hybridized carbons (Fsp3) is 0.625. The highest BCUT2D eigenvalue weighted by atomic mass is 19.2. The highest BCUT2D eigenvalue weighted by molar-refractivity contribution is 5.21. The first kappa shape index (κ1) is 16.1. The Morgan fingerprint density at radius 1 is 1.16 bits per heavy atom. The molecule has 108 valence electrons. The SMILES string of the molecule is CCNC(CC(C)C(C)(C)C)c1ccc(F)c(F)c1. The van der Waals surface area contributed by atoms with Crippen LogP contribution in [0.1, 0.15) is 52.6 Å². The number of hydrogen-bond donors (Lipinski definition) is 1. The number of hydrogen-bond acceptors (Lipinski definition) is 1. The van der Waals surface area contributed by atoms with Gasteiger partial charge in [0.25, 0.3) is 0 Å². The summed E-state index contributed by atoms with van der Waals surface area (Å²) in [6, 6.07) is 4.24. The first-order valence-corrected chi connectivity index (χ1v) is 6.94. The van der Waals surface area contributed by atoms with Crippen molar-refractivity contribution in [3.63, 3.8) is 0 Å². The van der Waals surface area contributed by atoms with Gasteiger partial charge in [-0.05, 0) is 42.0 Å². The number of rotatable bonds is 5. The average molecular weight is 269 g/mol. The Balaban J connectivity index is 2.90. The van der Waals surface area contributed by atoms with E-state index in [1.165, 1.54) is 12.1 Å². The van der Waals surface area contributed by atoms with E-state index in [1.807, 2.05) is 6.92 Å². The highest BCUT2D eigenvalue weighted by Gasteiger charge is 2.24. The maximum atomic E-state index is 13.3. The van der Waals surface area contributed by atoms with Gasteiger partial charge < -0.3 is 5.32 Å². The number of halogens is 2. The van der Waals surface area contributed by atoms with Crippen LogP contribution in [0.4, 0.5) is 8.78 Å². The smallest absolute Gasteiger partial charge is 0.159 e. The summed E-state index contributed by atoms with van der Waals surface area (Å²) in [4.78, 5) is 0. The normalized spacial score (nSPS) is 15.3. The van der Waals surface area contributed by atoms with Gasteiger partial charge in [-0.2, -0.15) is 0 Å². The number of benzene rings is 1. The summed E-state index contributed by atoms with van der Waals surface area (Å²) in [6.07, 6.45) is 0.905. The first-order chi connectivity index (χ1) is 8.75. The predicted molar refractivity (Wildman–Crippen MR) is 76.0 cm³/mol. The lowest BCUT2D eigenvalue weighted by Crippen LogP contribution is -2.27. The number of nitrogens with one attached hydrogen (secondary N) is 1. The average Bonchev–Trinajstić information content (AvgIpc) is 2.31. The minimum atomic E-state index is -0.789. The molecule has 1 aromatic carbocycles. The van der Waals surface area contributed by atoms with Crippen molar-refractivity contribution in [3.8, 4) is 0 Å². The van der Waals surface area contributed by atoms with Crippen LogP contribution < -0.4 is 5.32 Å². The molecule has 0 aromatic heterocycles. The van der Waals surface area contributed by atoms with Crippen molar-refractivity contribution in [2.24, 2.45) is 11.3 Å². The van der Waals surface area contributed by atoms with Crippen LogP contribution in [-0.2, 0) is 0 Å². The van der Waals surface area contributed by atoms with Gasteiger partial charge in [-0.25, -0.2) is 8.78 Å². The fourth-order valence-corrected chi connectivity index (χ4v) is 2.02. The zero-order valence-corrected chi connectivity index (χ0v) is 12.6. The van der Waals surface area contributed by atoms with Crippen LogP contribution in [0.2, 0.25) is 0 Å². The molecule has 1 nitrogen and oxygen atoms in total. The molecule has 3 heteroatoms. The summed E-state index contributed by atoms with van der Waals surface area (Å²) >= 11 is 0. The van der Waals surface area contributed by atoms with Crippen LogP contribution in [-0.4, -0.2) is 6.54 Å². The molecule has 1 rings (SSSR count). The van der Waals surface area contributed by atoms with Gasteiger partial charge in [-0.15, -0.1) is 0 Å². The summed E-state index contributed by atoms with van der Waals surface area (Å²) in [5.41, 5.74) is 1.02. The van der Waals surface area contributed by atoms with E-state index in [2.05, 4.69) is 33.0 Å². The maximum absolute atomic E-state index is 13.3. The molecule has 19 heavy (non-hydrogen) atoms. The van der Waals surface area contributed by atoms with Gasteiger partial charge in [0.05, 0.1) is 0 Å². The van der Waals surface area contributed by atoms with Crippen LogP contribution in [0.15, 0.2) is 18.2 Å². The van der Waals surface area contributed by atoms with E-state index >= 15 is 0 Å². The van der Waals surface area contributed by atoms with Crippen molar-refractivity contribution in [1.82, 2.24) is 5.32 Å². The van der Waals surface area contributed by atoms with Gasteiger partial charge in [0, 0.05) is 6.04 Å². The lowest BCUT2D eigenvalue weighted by molar-refractivity contribution is 0.223. The van der Waals surface area contributed by atoms with Crippen molar-refractivity contribution in [2.45, 2.75) is 47.1 Å². The Kier molecular flexibility index (Phi) is 5.48. The molecule has 1 N–H and O–H groups in total. The molecule has 0 saturated heterocycles. The Morgan fingerprint density at radius 2 is 1.79 bits per heavy atom. The van der Waals surface area contributed by atoms with Crippen LogP contribution in [0.25, 0.3) is 0 Å². The van der Waals surface area contributed by atoms with E-state index < -0.39 is 11.6 Å². The quantitative estimate of drug-likeness (QED) is 0.818. The summed E-state index contributed by atoms with van der Waals surface area (Å²) in [7, 11) is 0. The van der Waals surface area contributed by atoms with E-state index in [9.17, 15) is 8.78 Å². The second-order valence-corrected chi connectivity index (χ2v) is 6.29. The van der Waals surface area contributed by atoms with Crippen LogP contribution >= 0.6 is 0 Å². The maximum Gasteiger partial charge on any atom is 0.159 e.